The van der Waals surface area contributed by atoms with E-state index in [1.807, 2.05) is 0 Å². The Balaban J connectivity index is 1.65. The minimum atomic E-state index is -1.04. The summed E-state index contributed by atoms with van der Waals surface area (Å²) in [6.45, 7) is 14.5. The van der Waals surface area contributed by atoms with Crippen LogP contribution in [-0.4, -0.2) is 44.2 Å². The lowest BCUT2D eigenvalue weighted by atomic mass is 10.0. The third-order valence-corrected chi connectivity index (χ3v) is 6.51. The summed E-state index contributed by atoms with van der Waals surface area (Å²) in [5, 5.41) is 2.18. The van der Waals surface area contributed by atoms with E-state index in [1.165, 1.54) is 23.1 Å². The molecule has 0 radical (unpaired) electrons. The standard InChI is InChI=1S/C18H31N3O2Si/c1-14-6-7-15(2)21(14)18-10-17(16-11-23-12-16)20(19-18)13-22-8-9-24(3,4)5/h6-7,10,16,18-19H,8-9,11-13H2,1-5H3. The predicted molar refractivity (Wildman–Crippen MR) is 99.3 cm³/mol. The van der Waals surface area contributed by atoms with Crippen LogP contribution in [0.15, 0.2) is 23.9 Å². The van der Waals surface area contributed by atoms with Gasteiger partial charge in [0.1, 0.15) is 12.9 Å². The van der Waals surface area contributed by atoms with Crippen LogP contribution in [0.3, 0.4) is 0 Å². The first-order valence-electron chi connectivity index (χ1n) is 8.90. The largest absolute Gasteiger partial charge is 0.380 e. The number of hydrogen-bond acceptors (Lipinski definition) is 4. The fourth-order valence-corrected chi connectivity index (χ4v) is 3.94. The van der Waals surface area contributed by atoms with Crippen LogP contribution >= 0.6 is 0 Å². The molecule has 2 aliphatic heterocycles. The maximum Gasteiger partial charge on any atom is 0.133 e. The Labute approximate surface area is 146 Å². The van der Waals surface area contributed by atoms with Crippen molar-refractivity contribution in [1.29, 1.82) is 0 Å². The predicted octanol–water partition coefficient (Wildman–Crippen LogP) is 3.27. The third-order valence-electron chi connectivity index (χ3n) is 4.81. The van der Waals surface area contributed by atoms with Gasteiger partial charge in [0.2, 0.25) is 0 Å². The van der Waals surface area contributed by atoms with Crippen LogP contribution < -0.4 is 5.43 Å². The van der Waals surface area contributed by atoms with E-state index < -0.39 is 8.07 Å². The van der Waals surface area contributed by atoms with Crippen molar-refractivity contribution in [2.24, 2.45) is 5.92 Å². The van der Waals surface area contributed by atoms with Crippen molar-refractivity contribution in [1.82, 2.24) is 15.0 Å². The molecule has 1 aromatic heterocycles. The van der Waals surface area contributed by atoms with Gasteiger partial charge in [-0.1, -0.05) is 19.6 Å². The monoisotopic (exact) mass is 349 g/mol. The van der Waals surface area contributed by atoms with Crippen LogP contribution in [0.2, 0.25) is 25.7 Å². The van der Waals surface area contributed by atoms with Crippen molar-refractivity contribution in [2.45, 2.75) is 45.7 Å². The molecule has 0 bridgehead atoms. The molecule has 24 heavy (non-hydrogen) atoms. The first-order chi connectivity index (χ1) is 11.3. The molecule has 2 aliphatic rings. The second kappa shape index (κ2) is 7.04. The highest BCUT2D eigenvalue weighted by Gasteiger charge is 2.33. The third kappa shape index (κ3) is 3.94. The molecule has 1 aromatic rings. The number of ether oxygens (including phenoxy) is 2. The number of hydrogen-bond donors (Lipinski definition) is 1. The summed E-state index contributed by atoms with van der Waals surface area (Å²) < 4.78 is 13.7. The van der Waals surface area contributed by atoms with E-state index >= 15 is 0 Å². The normalized spacial score (nSPS) is 22.0. The minimum Gasteiger partial charge on any atom is -0.380 e. The van der Waals surface area contributed by atoms with Gasteiger partial charge in [-0.3, -0.25) is 5.01 Å². The van der Waals surface area contributed by atoms with Gasteiger partial charge in [0, 0.05) is 37.7 Å². The molecular formula is C18H31N3O2Si. The van der Waals surface area contributed by atoms with E-state index in [2.05, 4.69) is 66.7 Å². The van der Waals surface area contributed by atoms with Gasteiger partial charge >= 0.3 is 0 Å². The molecular weight excluding hydrogens is 318 g/mol. The first kappa shape index (κ1) is 17.7. The van der Waals surface area contributed by atoms with Crippen molar-refractivity contribution < 1.29 is 9.47 Å². The van der Waals surface area contributed by atoms with Gasteiger partial charge in [0.05, 0.1) is 13.2 Å². The molecule has 0 spiro atoms. The molecule has 6 heteroatoms. The Hall–Kier alpha value is -1.08. The highest BCUT2D eigenvalue weighted by atomic mass is 28.3. The van der Waals surface area contributed by atoms with Crippen molar-refractivity contribution in [2.75, 3.05) is 26.6 Å². The quantitative estimate of drug-likeness (QED) is 0.606. The molecule has 1 N–H and O–H groups in total. The zero-order chi connectivity index (χ0) is 17.3. The van der Waals surface area contributed by atoms with E-state index in [4.69, 9.17) is 9.47 Å². The van der Waals surface area contributed by atoms with E-state index in [-0.39, 0.29) is 6.17 Å². The molecule has 1 saturated heterocycles. The Morgan fingerprint density at radius 2 is 1.88 bits per heavy atom. The van der Waals surface area contributed by atoms with Crippen LogP contribution in [-0.2, 0) is 9.47 Å². The molecule has 0 saturated carbocycles. The average molecular weight is 350 g/mol. The van der Waals surface area contributed by atoms with Gasteiger partial charge in [0.25, 0.3) is 0 Å². The van der Waals surface area contributed by atoms with E-state index in [0.717, 1.165) is 19.8 Å². The maximum absolute atomic E-state index is 5.98. The summed E-state index contributed by atoms with van der Waals surface area (Å²) in [5.74, 6) is 0.485. The molecule has 0 aromatic carbocycles. The van der Waals surface area contributed by atoms with Crippen LogP contribution in [0, 0.1) is 19.8 Å². The Morgan fingerprint density at radius 1 is 1.21 bits per heavy atom. The first-order valence-corrected chi connectivity index (χ1v) is 12.6. The number of aryl methyl sites for hydroxylation is 2. The van der Waals surface area contributed by atoms with E-state index in [1.54, 1.807) is 0 Å². The molecule has 0 aliphatic carbocycles. The maximum atomic E-state index is 5.98. The summed E-state index contributed by atoms with van der Waals surface area (Å²) in [4.78, 5) is 0. The van der Waals surface area contributed by atoms with Gasteiger partial charge in [0.15, 0.2) is 0 Å². The summed E-state index contributed by atoms with van der Waals surface area (Å²) in [6, 6.07) is 5.54. The second-order valence-corrected chi connectivity index (χ2v) is 13.8. The summed E-state index contributed by atoms with van der Waals surface area (Å²) >= 11 is 0. The van der Waals surface area contributed by atoms with Crippen molar-refractivity contribution in [3.63, 3.8) is 0 Å². The van der Waals surface area contributed by atoms with Crippen LogP contribution in [0.5, 0.6) is 0 Å². The smallest absolute Gasteiger partial charge is 0.133 e. The average Bonchev–Trinajstić information content (AvgIpc) is 2.96. The lowest BCUT2D eigenvalue weighted by Crippen LogP contribution is -2.42. The molecule has 1 fully saturated rings. The lowest BCUT2D eigenvalue weighted by molar-refractivity contribution is -0.0449. The fourth-order valence-electron chi connectivity index (χ4n) is 3.18. The molecule has 3 rings (SSSR count). The van der Waals surface area contributed by atoms with Crippen LogP contribution in [0.25, 0.3) is 0 Å². The number of rotatable bonds is 7. The fraction of sp³-hybridized carbons (Fsp3) is 0.667. The minimum absolute atomic E-state index is 0.163. The molecule has 5 nitrogen and oxygen atoms in total. The number of nitrogens with one attached hydrogen (secondary N) is 1. The van der Waals surface area contributed by atoms with E-state index in [0.29, 0.717) is 12.6 Å². The molecule has 1 atom stereocenters. The van der Waals surface area contributed by atoms with Crippen LogP contribution in [0.1, 0.15) is 17.6 Å². The van der Waals surface area contributed by atoms with Gasteiger partial charge in [-0.05, 0) is 38.1 Å². The topological polar surface area (TPSA) is 38.7 Å². The zero-order valence-corrected chi connectivity index (χ0v) is 16.6. The second-order valence-electron chi connectivity index (χ2n) is 8.16. The SMILES string of the molecule is Cc1ccc(C)n1C1C=C(C2COC2)N(COCC[Si](C)(C)C)N1. The highest BCUT2D eigenvalue weighted by molar-refractivity contribution is 6.76. The van der Waals surface area contributed by atoms with Crippen molar-refractivity contribution in [3.8, 4) is 0 Å². The zero-order valence-electron chi connectivity index (χ0n) is 15.6. The summed E-state index contributed by atoms with van der Waals surface area (Å²) in [5.41, 5.74) is 7.46. The van der Waals surface area contributed by atoms with Gasteiger partial charge in [-0.2, -0.15) is 0 Å². The summed E-state index contributed by atoms with van der Waals surface area (Å²) in [7, 11) is -1.04. The van der Waals surface area contributed by atoms with E-state index in [9.17, 15) is 0 Å². The van der Waals surface area contributed by atoms with Gasteiger partial charge in [-0.15, -0.1) is 0 Å². The Kier molecular flexibility index (Phi) is 5.20. The molecule has 3 heterocycles. The van der Waals surface area contributed by atoms with Crippen LogP contribution in [0.4, 0.5) is 0 Å². The molecule has 1 unspecified atom stereocenters. The Morgan fingerprint density at radius 3 is 2.42 bits per heavy atom. The van der Waals surface area contributed by atoms with Crippen molar-refractivity contribution >= 4 is 8.07 Å². The molecule has 0 amide bonds. The van der Waals surface area contributed by atoms with Crippen molar-refractivity contribution in [3.05, 3.63) is 35.3 Å². The molecule has 134 valence electrons. The number of aromatic nitrogens is 1. The highest BCUT2D eigenvalue weighted by Crippen LogP contribution is 2.31. The summed E-state index contributed by atoms with van der Waals surface area (Å²) in [6.07, 6.45) is 2.49. The Bertz CT molecular complexity index is 582. The number of nitrogens with zero attached hydrogens (tertiary/aromatic N) is 2. The lowest BCUT2D eigenvalue weighted by Gasteiger charge is -2.33. The van der Waals surface area contributed by atoms with Gasteiger partial charge in [-0.25, -0.2) is 5.43 Å². The van der Waals surface area contributed by atoms with Gasteiger partial charge < -0.3 is 14.0 Å². The number of hydrazine groups is 1.